The zero-order chi connectivity index (χ0) is 21.4. The molecule has 1 amide bonds. The molecule has 156 valence electrons. The second kappa shape index (κ2) is 10.5. The van der Waals surface area contributed by atoms with Crippen LogP contribution in [0, 0.1) is 0 Å². The number of nitrogens with one attached hydrogen (secondary N) is 1. The molecular weight excluding hydrogens is 389 g/mol. The second-order valence-corrected chi connectivity index (χ2v) is 6.15. The van der Waals surface area contributed by atoms with Gasteiger partial charge < -0.3 is 21.4 Å². The van der Waals surface area contributed by atoms with Crippen LogP contribution in [0.1, 0.15) is 23.8 Å². The van der Waals surface area contributed by atoms with Gasteiger partial charge in [-0.15, -0.1) is 0 Å². The Morgan fingerprint density at radius 1 is 1.17 bits per heavy atom. The maximum atomic E-state index is 13.1. The smallest absolute Gasteiger partial charge is 0.315 e. The number of aromatic nitrogens is 1. The fourth-order valence-electron chi connectivity index (χ4n) is 2.65. The molecule has 1 heterocycles. The number of halogens is 3. The zero-order valence-electron chi connectivity index (χ0n) is 15.3. The van der Waals surface area contributed by atoms with Crippen LogP contribution in [-0.2, 0) is 4.79 Å². The first-order valence-corrected chi connectivity index (χ1v) is 8.71. The number of hydrogen-bond acceptors (Lipinski definition) is 6. The molecule has 0 radical (unpaired) electrons. The van der Waals surface area contributed by atoms with Crippen LogP contribution in [0.2, 0.25) is 0 Å². The van der Waals surface area contributed by atoms with Gasteiger partial charge in [0.25, 0.3) is 5.91 Å². The predicted octanol–water partition coefficient (Wildman–Crippen LogP) is 2.03. The third-order valence-electron chi connectivity index (χ3n) is 4.22. The average Bonchev–Trinajstić information content (AvgIpc) is 2.75. The molecule has 2 aromatic rings. The Labute approximate surface area is 165 Å². The molecule has 0 aliphatic rings. The SMILES string of the molecule is NCC/C(=N/O)c1ccc(-c2ccc([C@@H](O)[C@@H](CF)NC(=O)C(F)F)cc2)cn1. The van der Waals surface area contributed by atoms with E-state index in [4.69, 9.17) is 10.9 Å². The van der Waals surface area contributed by atoms with Crippen molar-refractivity contribution in [3.8, 4) is 11.1 Å². The molecule has 0 unspecified atom stereocenters. The van der Waals surface area contributed by atoms with Crippen LogP contribution in [0.15, 0.2) is 47.8 Å². The van der Waals surface area contributed by atoms with Gasteiger partial charge >= 0.3 is 6.43 Å². The summed E-state index contributed by atoms with van der Waals surface area (Å²) in [5.74, 6) is -1.64. The van der Waals surface area contributed by atoms with Gasteiger partial charge in [0, 0.05) is 18.2 Å². The molecule has 0 aliphatic heterocycles. The quantitative estimate of drug-likeness (QED) is 0.286. The number of carbonyl (C=O) groups is 1. The van der Waals surface area contributed by atoms with E-state index in [-0.39, 0.29) is 5.56 Å². The standard InChI is InChI=1S/C19H21F3N4O3/c20-9-16(25-19(28)18(21)22)17(27)12-3-1-11(2-4-12)13-5-6-14(24-10-13)15(26-29)7-8-23/h1-6,10,16-18,27,29H,7-9,23H2,(H,25,28)/b26-15-/t16-,17-/m1/s1. The molecule has 0 saturated heterocycles. The lowest BCUT2D eigenvalue weighted by atomic mass is 9.99. The van der Waals surface area contributed by atoms with Crippen LogP contribution < -0.4 is 11.1 Å². The summed E-state index contributed by atoms with van der Waals surface area (Å²) in [4.78, 5) is 15.3. The van der Waals surface area contributed by atoms with E-state index in [0.717, 1.165) is 11.1 Å². The Kier molecular flexibility index (Phi) is 8.10. The Morgan fingerprint density at radius 3 is 2.31 bits per heavy atom. The van der Waals surface area contributed by atoms with Crippen molar-refractivity contribution in [2.75, 3.05) is 13.2 Å². The van der Waals surface area contributed by atoms with Gasteiger partial charge in [-0.1, -0.05) is 35.5 Å². The molecular formula is C19H21F3N4O3. The molecule has 10 heteroatoms. The third kappa shape index (κ3) is 5.75. The molecule has 29 heavy (non-hydrogen) atoms. The highest BCUT2D eigenvalue weighted by atomic mass is 19.3. The molecule has 0 aliphatic carbocycles. The fraction of sp³-hybridized carbons (Fsp3) is 0.316. The number of pyridine rings is 1. The number of amides is 1. The first-order valence-electron chi connectivity index (χ1n) is 8.71. The maximum Gasteiger partial charge on any atom is 0.315 e. The molecule has 0 bridgehead atoms. The topological polar surface area (TPSA) is 121 Å². The number of carbonyl (C=O) groups excluding carboxylic acids is 1. The number of hydrogen-bond donors (Lipinski definition) is 4. The maximum absolute atomic E-state index is 13.1. The van der Waals surface area contributed by atoms with Gasteiger partial charge in [0.2, 0.25) is 0 Å². The lowest BCUT2D eigenvalue weighted by molar-refractivity contribution is -0.133. The lowest BCUT2D eigenvalue weighted by Crippen LogP contribution is -2.43. The number of benzene rings is 1. The van der Waals surface area contributed by atoms with E-state index in [2.05, 4.69) is 10.1 Å². The van der Waals surface area contributed by atoms with Gasteiger partial charge in [0.1, 0.15) is 18.5 Å². The summed E-state index contributed by atoms with van der Waals surface area (Å²) in [6.45, 7) is -0.894. The lowest BCUT2D eigenvalue weighted by Gasteiger charge is -2.22. The summed E-state index contributed by atoms with van der Waals surface area (Å²) < 4.78 is 37.7. The van der Waals surface area contributed by atoms with Crippen molar-refractivity contribution in [1.29, 1.82) is 0 Å². The zero-order valence-corrected chi connectivity index (χ0v) is 15.3. The Morgan fingerprint density at radius 2 is 1.83 bits per heavy atom. The number of nitrogens with zero attached hydrogens (tertiary/aromatic N) is 2. The van der Waals surface area contributed by atoms with Crippen molar-refractivity contribution in [2.45, 2.75) is 25.0 Å². The molecule has 0 spiro atoms. The van der Waals surface area contributed by atoms with Gasteiger partial charge in [-0.2, -0.15) is 8.78 Å². The average molecular weight is 410 g/mol. The van der Waals surface area contributed by atoms with Crippen LogP contribution in [0.5, 0.6) is 0 Å². The van der Waals surface area contributed by atoms with Crippen molar-refractivity contribution < 1.29 is 28.3 Å². The molecule has 1 aromatic heterocycles. The largest absolute Gasteiger partial charge is 0.411 e. The molecule has 2 atom stereocenters. The van der Waals surface area contributed by atoms with Crippen LogP contribution in [0.25, 0.3) is 11.1 Å². The number of aliphatic hydroxyl groups excluding tert-OH is 1. The third-order valence-corrected chi connectivity index (χ3v) is 4.22. The minimum absolute atomic E-state index is 0.258. The number of oxime groups is 1. The van der Waals surface area contributed by atoms with Gasteiger partial charge in [0.05, 0.1) is 11.7 Å². The van der Waals surface area contributed by atoms with Crippen molar-refractivity contribution in [3.63, 3.8) is 0 Å². The van der Waals surface area contributed by atoms with E-state index < -0.39 is 31.2 Å². The number of alkyl halides is 3. The Balaban J connectivity index is 2.14. The van der Waals surface area contributed by atoms with Crippen LogP contribution >= 0.6 is 0 Å². The summed E-state index contributed by atoms with van der Waals surface area (Å²) >= 11 is 0. The molecule has 5 N–H and O–H groups in total. The predicted molar refractivity (Wildman–Crippen MR) is 101 cm³/mol. The van der Waals surface area contributed by atoms with Gasteiger partial charge in [-0.25, -0.2) is 4.39 Å². The highest BCUT2D eigenvalue weighted by molar-refractivity contribution is 5.98. The minimum atomic E-state index is -3.30. The van der Waals surface area contributed by atoms with E-state index in [1.54, 1.807) is 35.8 Å². The normalized spacial score (nSPS) is 13.9. The van der Waals surface area contributed by atoms with E-state index in [9.17, 15) is 23.1 Å². The van der Waals surface area contributed by atoms with Gasteiger partial charge in [-0.05, 0) is 23.7 Å². The van der Waals surface area contributed by atoms with Gasteiger partial charge in [0.15, 0.2) is 0 Å². The van der Waals surface area contributed by atoms with E-state index >= 15 is 0 Å². The van der Waals surface area contributed by atoms with Crippen molar-refractivity contribution in [3.05, 3.63) is 53.9 Å². The van der Waals surface area contributed by atoms with Crippen LogP contribution in [-0.4, -0.2) is 52.6 Å². The summed E-state index contributed by atoms with van der Waals surface area (Å²) in [6, 6.07) is 8.22. The van der Waals surface area contributed by atoms with Crippen molar-refractivity contribution >= 4 is 11.6 Å². The first kappa shape index (κ1) is 22.3. The highest BCUT2D eigenvalue weighted by Gasteiger charge is 2.26. The van der Waals surface area contributed by atoms with Crippen LogP contribution in [0.3, 0.4) is 0 Å². The van der Waals surface area contributed by atoms with Crippen molar-refractivity contribution in [2.24, 2.45) is 10.9 Å². The molecule has 2 rings (SSSR count). The van der Waals surface area contributed by atoms with Gasteiger partial charge in [-0.3, -0.25) is 9.78 Å². The number of rotatable bonds is 9. The molecule has 0 saturated carbocycles. The van der Waals surface area contributed by atoms with E-state index in [1.165, 1.54) is 12.1 Å². The summed E-state index contributed by atoms with van der Waals surface area (Å²) in [5.41, 5.74) is 8.01. The molecule has 0 fully saturated rings. The molecule has 1 aromatic carbocycles. The highest BCUT2D eigenvalue weighted by Crippen LogP contribution is 2.24. The van der Waals surface area contributed by atoms with E-state index in [0.29, 0.717) is 24.4 Å². The monoisotopic (exact) mass is 410 g/mol. The number of aliphatic hydroxyl groups is 1. The summed E-state index contributed by atoms with van der Waals surface area (Å²) in [6.07, 6.45) is -2.85. The fourth-order valence-corrected chi connectivity index (χ4v) is 2.65. The Hall–Kier alpha value is -2.98. The van der Waals surface area contributed by atoms with E-state index in [1.807, 2.05) is 0 Å². The van der Waals surface area contributed by atoms with Crippen LogP contribution in [0.4, 0.5) is 13.2 Å². The Bertz CT molecular complexity index is 830. The number of nitrogens with two attached hydrogens (primary N) is 1. The van der Waals surface area contributed by atoms with Crippen molar-refractivity contribution in [1.82, 2.24) is 10.3 Å². The minimum Gasteiger partial charge on any atom is -0.411 e. The summed E-state index contributed by atoms with van der Waals surface area (Å²) in [7, 11) is 0. The molecule has 7 nitrogen and oxygen atoms in total. The first-order chi connectivity index (χ1) is 13.9. The summed E-state index contributed by atoms with van der Waals surface area (Å²) in [5, 5.41) is 24.1. The second-order valence-electron chi connectivity index (χ2n) is 6.15.